The van der Waals surface area contributed by atoms with Gasteiger partial charge in [0.2, 0.25) is 0 Å². The SMILES string of the molecule is c1ccc(-c2ccccc2-c2c3ccccc3c(-c3c4occ(-c5ccccc5)c4cc4oc5ccccc5c34)c3ccccc23)cc1. The highest BCUT2D eigenvalue weighted by Gasteiger charge is 2.26. The van der Waals surface area contributed by atoms with Crippen molar-refractivity contribution in [2.45, 2.75) is 0 Å². The quantitative estimate of drug-likeness (QED) is 0.185. The Kier molecular flexibility index (Phi) is 5.91. The lowest BCUT2D eigenvalue weighted by atomic mass is 9.82. The number of furan rings is 2. The molecule has 10 aromatic rings. The van der Waals surface area contributed by atoms with Crippen LogP contribution in [0.1, 0.15) is 0 Å². The minimum Gasteiger partial charge on any atom is -0.463 e. The Morgan fingerprint density at radius 3 is 1.48 bits per heavy atom. The van der Waals surface area contributed by atoms with Crippen molar-refractivity contribution in [2.75, 3.05) is 0 Å². The highest BCUT2D eigenvalue weighted by atomic mass is 16.3. The van der Waals surface area contributed by atoms with Crippen molar-refractivity contribution in [3.63, 3.8) is 0 Å². The van der Waals surface area contributed by atoms with Gasteiger partial charge in [0.05, 0.1) is 6.26 Å². The summed E-state index contributed by atoms with van der Waals surface area (Å²) in [5.74, 6) is 0. The summed E-state index contributed by atoms with van der Waals surface area (Å²) >= 11 is 0. The zero-order chi connectivity index (χ0) is 31.6. The van der Waals surface area contributed by atoms with E-state index in [0.717, 1.165) is 55.2 Å². The van der Waals surface area contributed by atoms with Crippen molar-refractivity contribution >= 4 is 54.5 Å². The Morgan fingerprint density at radius 1 is 0.333 bits per heavy atom. The van der Waals surface area contributed by atoms with Gasteiger partial charge in [0, 0.05) is 32.8 Å². The van der Waals surface area contributed by atoms with Crippen LogP contribution in [-0.2, 0) is 0 Å². The smallest absolute Gasteiger partial charge is 0.143 e. The molecule has 224 valence electrons. The van der Waals surface area contributed by atoms with Crippen molar-refractivity contribution in [3.8, 4) is 44.5 Å². The Bertz CT molecular complexity index is 2760. The van der Waals surface area contributed by atoms with Gasteiger partial charge in [-0.2, -0.15) is 0 Å². The van der Waals surface area contributed by atoms with Crippen LogP contribution in [0.5, 0.6) is 0 Å². The van der Waals surface area contributed by atoms with Gasteiger partial charge < -0.3 is 8.83 Å². The zero-order valence-corrected chi connectivity index (χ0v) is 26.0. The number of hydrogen-bond donors (Lipinski definition) is 0. The van der Waals surface area contributed by atoms with E-state index in [1.807, 2.05) is 18.4 Å². The third-order valence-corrected chi connectivity index (χ3v) is 9.75. The zero-order valence-electron chi connectivity index (χ0n) is 26.0. The van der Waals surface area contributed by atoms with E-state index in [1.165, 1.54) is 43.8 Å². The molecule has 0 unspecified atom stereocenters. The Labute approximate surface area is 277 Å². The van der Waals surface area contributed by atoms with Crippen LogP contribution in [0, 0.1) is 0 Å². The van der Waals surface area contributed by atoms with Gasteiger partial charge in [0.1, 0.15) is 16.7 Å². The molecule has 2 heterocycles. The van der Waals surface area contributed by atoms with E-state index in [9.17, 15) is 0 Å². The van der Waals surface area contributed by atoms with Gasteiger partial charge in [-0.3, -0.25) is 0 Å². The van der Waals surface area contributed by atoms with Gasteiger partial charge in [0.25, 0.3) is 0 Å². The van der Waals surface area contributed by atoms with Crippen LogP contribution >= 0.6 is 0 Å². The highest BCUT2D eigenvalue weighted by molar-refractivity contribution is 6.30. The van der Waals surface area contributed by atoms with E-state index in [-0.39, 0.29) is 0 Å². The molecule has 2 aromatic heterocycles. The fraction of sp³-hybridized carbons (Fsp3) is 0. The molecule has 0 aliphatic carbocycles. The number of fused-ring (bicyclic) bond motifs is 6. The normalized spacial score (nSPS) is 11.8. The molecule has 0 spiro atoms. The molecule has 0 N–H and O–H groups in total. The van der Waals surface area contributed by atoms with Gasteiger partial charge in [0.15, 0.2) is 0 Å². The predicted molar refractivity (Wildman–Crippen MR) is 200 cm³/mol. The molecule has 2 heteroatoms. The summed E-state index contributed by atoms with van der Waals surface area (Å²) in [6.07, 6.45) is 1.90. The number of rotatable bonds is 4. The minimum atomic E-state index is 0.851. The van der Waals surface area contributed by atoms with Crippen molar-refractivity contribution < 1.29 is 8.83 Å². The van der Waals surface area contributed by atoms with Crippen LogP contribution in [0.15, 0.2) is 179 Å². The largest absolute Gasteiger partial charge is 0.463 e. The molecule has 0 saturated heterocycles. The summed E-state index contributed by atoms with van der Waals surface area (Å²) in [6.45, 7) is 0. The van der Waals surface area contributed by atoms with Gasteiger partial charge in [-0.05, 0) is 61.5 Å². The molecular formula is C46H28O2. The van der Waals surface area contributed by atoms with E-state index >= 15 is 0 Å². The fourth-order valence-corrected chi connectivity index (χ4v) is 7.71. The van der Waals surface area contributed by atoms with Gasteiger partial charge in [-0.1, -0.05) is 152 Å². The van der Waals surface area contributed by atoms with Crippen LogP contribution < -0.4 is 0 Å². The lowest BCUT2D eigenvalue weighted by Gasteiger charge is -2.20. The van der Waals surface area contributed by atoms with Crippen LogP contribution in [0.25, 0.3) is 99.0 Å². The summed E-state index contributed by atoms with van der Waals surface area (Å²) in [5.41, 5.74) is 11.8. The Hall–Kier alpha value is -6.38. The molecule has 2 nitrogen and oxygen atoms in total. The van der Waals surface area contributed by atoms with Crippen molar-refractivity contribution in [3.05, 3.63) is 170 Å². The topological polar surface area (TPSA) is 26.3 Å². The van der Waals surface area contributed by atoms with Gasteiger partial charge in [-0.15, -0.1) is 0 Å². The van der Waals surface area contributed by atoms with Crippen LogP contribution in [0.4, 0.5) is 0 Å². The van der Waals surface area contributed by atoms with Gasteiger partial charge >= 0.3 is 0 Å². The van der Waals surface area contributed by atoms with Crippen molar-refractivity contribution in [2.24, 2.45) is 0 Å². The molecule has 0 aliphatic heterocycles. The molecule has 0 fully saturated rings. The molecule has 8 aromatic carbocycles. The van der Waals surface area contributed by atoms with E-state index in [1.54, 1.807) is 0 Å². The van der Waals surface area contributed by atoms with Crippen molar-refractivity contribution in [1.82, 2.24) is 0 Å². The van der Waals surface area contributed by atoms with Gasteiger partial charge in [-0.25, -0.2) is 0 Å². The summed E-state index contributed by atoms with van der Waals surface area (Å²) in [7, 11) is 0. The third-order valence-electron chi connectivity index (χ3n) is 9.75. The lowest BCUT2D eigenvalue weighted by molar-refractivity contribution is 0.618. The summed E-state index contributed by atoms with van der Waals surface area (Å²) < 4.78 is 13.3. The molecule has 0 atom stereocenters. The average molecular weight is 613 g/mol. The molecule has 10 rings (SSSR count). The highest BCUT2D eigenvalue weighted by Crippen LogP contribution is 2.51. The number of para-hydroxylation sites is 1. The molecule has 0 aliphatic rings. The van der Waals surface area contributed by atoms with Crippen molar-refractivity contribution in [1.29, 1.82) is 0 Å². The summed E-state index contributed by atoms with van der Waals surface area (Å²) in [6, 6.07) is 58.1. The fourth-order valence-electron chi connectivity index (χ4n) is 7.71. The third kappa shape index (κ3) is 3.93. The lowest BCUT2D eigenvalue weighted by Crippen LogP contribution is -1.93. The van der Waals surface area contributed by atoms with Crippen LogP contribution in [0.3, 0.4) is 0 Å². The molecule has 48 heavy (non-hydrogen) atoms. The standard InChI is InChI=1S/C46H28O2/c1-3-15-29(16-4-1)31-19-7-8-20-32(31)42-33-21-9-11-23-35(33)43(36-24-12-10-22-34(36)42)45-44-37-25-13-14-26-40(37)48-41(44)27-38-39(28-47-46(38)45)30-17-5-2-6-18-30/h1-28H. The summed E-state index contributed by atoms with van der Waals surface area (Å²) in [4.78, 5) is 0. The molecule has 0 bridgehead atoms. The molecule has 0 amide bonds. The van der Waals surface area contributed by atoms with E-state index < -0.39 is 0 Å². The number of hydrogen-bond acceptors (Lipinski definition) is 2. The maximum Gasteiger partial charge on any atom is 0.143 e. The summed E-state index contributed by atoms with van der Waals surface area (Å²) in [5, 5.41) is 7.92. The van der Waals surface area contributed by atoms with E-state index in [4.69, 9.17) is 8.83 Å². The molecule has 0 radical (unpaired) electrons. The maximum atomic E-state index is 6.66. The second kappa shape index (κ2) is 10.6. The average Bonchev–Trinajstić information content (AvgIpc) is 3.75. The van der Waals surface area contributed by atoms with E-state index in [0.29, 0.717) is 0 Å². The van der Waals surface area contributed by atoms with Crippen LogP contribution in [0.2, 0.25) is 0 Å². The maximum absolute atomic E-state index is 6.66. The minimum absolute atomic E-state index is 0.851. The second-order valence-electron chi connectivity index (χ2n) is 12.4. The first-order valence-electron chi connectivity index (χ1n) is 16.3. The second-order valence-corrected chi connectivity index (χ2v) is 12.4. The predicted octanol–water partition coefficient (Wildman–Crippen LogP) is 13.3. The monoisotopic (exact) mass is 612 g/mol. The first-order valence-corrected chi connectivity index (χ1v) is 16.3. The number of benzene rings is 8. The molecule has 0 saturated carbocycles. The van der Waals surface area contributed by atoms with E-state index in [2.05, 4.69) is 152 Å². The Morgan fingerprint density at radius 2 is 0.833 bits per heavy atom. The molecular weight excluding hydrogens is 585 g/mol. The Balaban J connectivity index is 1.40. The first kappa shape index (κ1) is 26.8. The first-order chi connectivity index (χ1) is 23.8. The van der Waals surface area contributed by atoms with Crippen LogP contribution in [-0.4, -0.2) is 0 Å².